The van der Waals surface area contributed by atoms with Crippen LogP contribution in [0.4, 0.5) is 11.4 Å². The average Bonchev–Trinajstić information content (AvgIpc) is 2.87. The summed E-state index contributed by atoms with van der Waals surface area (Å²) in [6.07, 6.45) is 7.78. The van der Waals surface area contributed by atoms with Crippen LogP contribution < -0.4 is 10.6 Å². The summed E-state index contributed by atoms with van der Waals surface area (Å²) < 4.78 is 0. The van der Waals surface area contributed by atoms with Gasteiger partial charge >= 0.3 is 5.97 Å². The highest BCUT2D eigenvalue weighted by Crippen LogP contribution is 2.46. The minimum atomic E-state index is -0.874. The number of nitrogens with two attached hydrogens (primary N) is 1. The molecule has 0 bridgehead atoms. The molecule has 108 valence electrons. The molecule has 1 aliphatic carbocycles. The quantitative estimate of drug-likeness (QED) is 0.813. The molecule has 0 atom stereocenters. The van der Waals surface area contributed by atoms with E-state index < -0.39 is 5.97 Å². The molecule has 1 aromatic rings. The van der Waals surface area contributed by atoms with E-state index in [1.807, 2.05) is 0 Å². The van der Waals surface area contributed by atoms with Crippen LogP contribution in [0.15, 0.2) is 18.2 Å². The first kappa shape index (κ1) is 13.3. The lowest BCUT2D eigenvalue weighted by Crippen LogP contribution is -2.39. The lowest BCUT2D eigenvalue weighted by molar-refractivity contribution is 0.0697. The van der Waals surface area contributed by atoms with Crippen molar-refractivity contribution in [2.45, 2.75) is 38.5 Å². The molecule has 1 saturated heterocycles. The van der Waals surface area contributed by atoms with Gasteiger partial charge in [-0.3, -0.25) is 0 Å². The Hall–Kier alpha value is -1.71. The number of nitrogens with zero attached hydrogens (tertiary/aromatic N) is 1. The zero-order valence-electron chi connectivity index (χ0n) is 11.8. The standard InChI is InChI=1S/C16H22N2O2/c17-12-3-4-13(15(19)20)14(11-12)18-9-7-16(8-10-18)5-1-2-6-16/h3-4,11H,1-2,5-10,17H2,(H,19,20). The largest absolute Gasteiger partial charge is 0.478 e. The van der Waals surface area contributed by atoms with Crippen molar-refractivity contribution >= 4 is 17.3 Å². The number of benzene rings is 1. The van der Waals surface area contributed by atoms with E-state index in [2.05, 4.69) is 4.90 Å². The Balaban J connectivity index is 1.80. The van der Waals surface area contributed by atoms with E-state index in [4.69, 9.17) is 5.73 Å². The lowest BCUT2D eigenvalue weighted by atomic mass is 9.77. The van der Waals surface area contributed by atoms with Crippen molar-refractivity contribution in [3.8, 4) is 0 Å². The van der Waals surface area contributed by atoms with Crippen molar-refractivity contribution < 1.29 is 9.90 Å². The van der Waals surface area contributed by atoms with Crippen LogP contribution in [0.2, 0.25) is 0 Å². The van der Waals surface area contributed by atoms with Gasteiger partial charge < -0.3 is 15.7 Å². The molecular weight excluding hydrogens is 252 g/mol. The molecule has 4 heteroatoms. The molecule has 0 radical (unpaired) electrons. The van der Waals surface area contributed by atoms with E-state index in [0.717, 1.165) is 18.8 Å². The molecule has 0 unspecified atom stereocenters. The van der Waals surface area contributed by atoms with E-state index in [-0.39, 0.29) is 0 Å². The monoisotopic (exact) mass is 274 g/mol. The molecule has 0 amide bonds. The zero-order valence-corrected chi connectivity index (χ0v) is 11.8. The smallest absolute Gasteiger partial charge is 0.337 e. The molecule has 2 aliphatic rings. The first-order chi connectivity index (χ1) is 9.60. The van der Waals surface area contributed by atoms with Gasteiger partial charge in [0.1, 0.15) is 0 Å². The first-order valence-corrected chi connectivity index (χ1v) is 7.47. The summed E-state index contributed by atoms with van der Waals surface area (Å²) in [6.45, 7) is 1.90. The third kappa shape index (κ3) is 2.35. The maximum absolute atomic E-state index is 11.4. The highest BCUT2D eigenvalue weighted by Gasteiger charge is 2.37. The van der Waals surface area contributed by atoms with Crippen LogP contribution in [0.1, 0.15) is 48.9 Å². The van der Waals surface area contributed by atoms with E-state index in [1.54, 1.807) is 18.2 Å². The van der Waals surface area contributed by atoms with Crippen LogP contribution in [0.3, 0.4) is 0 Å². The van der Waals surface area contributed by atoms with Crippen molar-refractivity contribution in [3.63, 3.8) is 0 Å². The molecule has 1 spiro atoms. The number of carboxylic acid groups (broad SMARTS) is 1. The molecule has 1 aromatic carbocycles. The van der Waals surface area contributed by atoms with E-state index >= 15 is 0 Å². The predicted octanol–water partition coefficient (Wildman–Crippen LogP) is 3.13. The Kier molecular flexibility index (Phi) is 3.32. The number of carbonyl (C=O) groups is 1. The van der Waals surface area contributed by atoms with Crippen molar-refractivity contribution in [1.29, 1.82) is 0 Å². The van der Waals surface area contributed by atoms with Crippen LogP contribution in [0.25, 0.3) is 0 Å². The maximum atomic E-state index is 11.4. The zero-order chi connectivity index (χ0) is 14.2. The van der Waals surface area contributed by atoms with Crippen LogP contribution in [0, 0.1) is 5.41 Å². The maximum Gasteiger partial charge on any atom is 0.337 e. The number of rotatable bonds is 2. The number of piperidine rings is 1. The van der Waals surface area contributed by atoms with Gasteiger partial charge in [0.15, 0.2) is 0 Å². The first-order valence-electron chi connectivity index (χ1n) is 7.47. The van der Waals surface area contributed by atoms with Gasteiger partial charge in [0.25, 0.3) is 0 Å². The Morgan fingerprint density at radius 1 is 1.15 bits per heavy atom. The van der Waals surface area contributed by atoms with E-state index in [0.29, 0.717) is 16.7 Å². The Morgan fingerprint density at radius 2 is 1.80 bits per heavy atom. The number of carboxylic acids is 1. The summed E-state index contributed by atoms with van der Waals surface area (Å²) >= 11 is 0. The van der Waals surface area contributed by atoms with Gasteiger partial charge in [-0.15, -0.1) is 0 Å². The fraction of sp³-hybridized carbons (Fsp3) is 0.562. The van der Waals surface area contributed by atoms with Crippen LogP contribution in [-0.2, 0) is 0 Å². The van der Waals surface area contributed by atoms with Crippen LogP contribution in [-0.4, -0.2) is 24.2 Å². The molecule has 4 nitrogen and oxygen atoms in total. The minimum Gasteiger partial charge on any atom is -0.478 e. The summed E-state index contributed by atoms with van der Waals surface area (Å²) in [6, 6.07) is 5.08. The van der Waals surface area contributed by atoms with Gasteiger partial charge in [0.2, 0.25) is 0 Å². The van der Waals surface area contributed by atoms with Crippen molar-refractivity contribution in [3.05, 3.63) is 23.8 Å². The summed E-state index contributed by atoms with van der Waals surface area (Å²) in [4.78, 5) is 13.6. The van der Waals surface area contributed by atoms with Crippen molar-refractivity contribution in [2.24, 2.45) is 5.41 Å². The Bertz CT molecular complexity index is 511. The molecule has 20 heavy (non-hydrogen) atoms. The van der Waals surface area contributed by atoms with Gasteiger partial charge in [-0.05, 0) is 49.3 Å². The third-order valence-electron chi connectivity index (χ3n) is 5.08. The van der Waals surface area contributed by atoms with Gasteiger partial charge in [0.05, 0.1) is 11.3 Å². The highest BCUT2D eigenvalue weighted by molar-refractivity contribution is 5.95. The van der Waals surface area contributed by atoms with Crippen LogP contribution in [0.5, 0.6) is 0 Å². The van der Waals surface area contributed by atoms with Gasteiger partial charge in [0, 0.05) is 18.8 Å². The number of nitrogen functional groups attached to an aromatic ring is 1. The Morgan fingerprint density at radius 3 is 2.40 bits per heavy atom. The summed E-state index contributed by atoms with van der Waals surface area (Å²) in [5.41, 5.74) is 8.15. The van der Waals surface area contributed by atoms with Gasteiger partial charge in [-0.1, -0.05) is 12.8 Å². The summed E-state index contributed by atoms with van der Waals surface area (Å²) in [7, 11) is 0. The summed E-state index contributed by atoms with van der Waals surface area (Å²) in [5.74, 6) is -0.874. The summed E-state index contributed by atoms with van der Waals surface area (Å²) in [5, 5.41) is 9.32. The minimum absolute atomic E-state index is 0.363. The second-order valence-electron chi connectivity index (χ2n) is 6.28. The topological polar surface area (TPSA) is 66.6 Å². The molecule has 0 aromatic heterocycles. The third-order valence-corrected chi connectivity index (χ3v) is 5.08. The molecule has 3 rings (SSSR count). The molecular formula is C16H22N2O2. The van der Waals surface area contributed by atoms with Gasteiger partial charge in [-0.2, -0.15) is 0 Å². The second-order valence-corrected chi connectivity index (χ2v) is 6.28. The predicted molar refractivity (Wildman–Crippen MR) is 80.2 cm³/mol. The normalized spacial score (nSPS) is 21.3. The Labute approximate surface area is 119 Å². The van der Waals surface area contributed by atoms with Crippen molar-refractivity contribution in [1.82, 2.24) is 0 Å². The number of anilines is 2. The molecule has 1 saturated carbocycles. The molecule has 2 fully saturated rings. The second kappa shape index (κ2) is 5.00. The van der Waals surface area contributed by atoms with E-state index in [1.165, 1.54) is 38.5 Å². The van der Waals surface area contributed by atoms with E-state index in [9.17, 15) is 9.90 Å². The van der Waals surface area contributed by atoms with Crippen molar-refractivity contribution in [2.75, 3.05) is 23.7 Å². The fourth-order valence-electron chi connectivity index (χ4n) is 3.84. The lowest BCUT2D eigenvalue weighted by Gasteiger charge is -2.41. The highest BCUT2D eigenvalue weighted by atomic mass is 16.4. The SMILES string of the molecule is Nc1ccc(C(=O)O)c(N2CCC3(CCCC3)CC2)c1. The number of hydrogen-bond acceptors (Lipinski definition) is 3. The molecule has 1 aliphatic heterocycles. The fourth-order valence-corrected chi connectivity index (χ4v) is 3.84. The molecule has 3 N–H and O–H groups in total. The number of hydrogen-bond donors (Lipinski definition) is 2. The number of aromatic carboxylic acids is 1. The average molecular weight is 274 g/mol. The molecule has 1 heterocycles. The van der Waals surface area contributed by atoms with Gasteiger partial charge in [-0.25, -0.2) is 4.79 Å². The van der Waals surface area contributed by atoms with Crippen LogP contribution >= 0.6 is 0 Å².